The van der Waals surface area contributed by atoms with E-state index >= 15 is 0 Å². The second-order valence-electron chi connectivity index (χ2n) is 5.32. The summed E-state index contributed by atoms with van der Waals surface area (Å²) in [4.78, 5) is 11.9. The molecule has 0 unspecified atom stereocenters. The van der Waals surface area contributed by atoms with Gasteiger partial charge in [0.2, 0.25) is 5.91 Å². The fourth-order valence-corrected chi connectivity index (χ4v) is 2.12. The van der Waals surface area contributed by atoms with E-state index in [1.165, 1.54) is 30.3 Å². The fourth-order valence-electron chi connectivity index (χ4n) is 2.12. The topological polar surface area (TPSA) is 47.6 Å². The monoisotopic (exact) mass is 343 g/mol. The Morgan fingerprint density at radius 3 is 2.52 bits per heavy atom. The number of hydrogen-bond donors (Lipinski definition) is 1. The van der Waals surface area contributed by atoms with Crippen molar-refractivity contribution in [1.82, 2.24) is 0 Å². The van der Waals surface area contributed by atoms with Gasteiger partial charge in [0.15, 0.2) is 11.5 Å². The molecule has 0 aliphatic carbocycles. The minimum absolute atomic E-state index is 0.295. The first-order valence-electron chi connectivity index (χ1n) is 8.26. The molecule has 0 saturated heterocycles. The summed E-state index contributed by atoms with van der Waals surface area (Å²) >= 11 is 0. The van der Waals surface area contributed by atoms with E-state index in [2.05, 4.69) is 5.32 Å². The van der Waals surface area contributed by atoms with Crippen LogP contribution in [0.1, 0.15) is 25.8 Å². The van der Waals surface area contributed by atoms with E-state index in [9.17, 15) is 9.18 Å². The van der Waals surface area contributed by atoms with Crippen molar-refractivity contribution < 1.29 is 18.7 Å². The number of carbonyl (C=O) groups is 1. The SMILES string of the molecule is CCCOc1ccc(/C=C/C(=O)Nc2ccc(F)cc2)cc1OCC. The molecule has 132 valence electrons. The van der Waals surface area contributed by atoms with Crippen molar-refractivity contribution >= 4 is 17.7 Å². The Kier molecular flexibility index (Phi) is 7.01. The summed E-state index contributed by atoms with van der Waals surface area (Å²) in [7, 11) is 0. The van der Waals surface area contributed by atoms with Crippen LogP contribution in [0.3, 0.4) is 0 Å². The lowest BCUT2D eigenvalue weighted by Gasteiger charge is -2.12. The van der Waals surface area contributed by atoms with Gasteiger partial charge >= 0.3 is 0 Å². The molecule has 0 heterocycles. The van der Waals surface area contributed by atoms with Crippen LogP contribution in [0.2, 0.25) is 0 Å². The van der Waals surface area contributed by atoms with Gasteiger partial charge in [0.1, 0.15) is 5.82 Å². The quantitative estimate of drug-likeness (QED) is 0.709. The molecule has 5 heteroatoms. The average Bonchev–Trinajstić information content (AvgIpc) is 2.61. The number of benzene rings is 2. The van der Waals surface area contributed by atoms with Gasteiger partial charge in [-0.3, -0.25) is 4.79 Å². The minimum atomic E-state index is -0.345. The largest absolute Gasteiger partial charge is 0.490 e. The molecule has 0 aliphatic heterocycles. The molecule has 4 nitrogen and oxygen atoms in total. The summed E-state index contributed by atoms with van der Waals surface area (Å²) in [6.45, 7) is 5.09. The van der Waals surface area contributed by atoms with Gasteiger partial charge in [-0.1, -0.05) is 13.0 Å². The molecule has 2 rings (SSSR count). The highest BCUT2D eigenvalue weighted by Gasteiger charge is 2.06. The molecule has 2 aromatic rings. The zero-order valence-electron chi connectivity index (χ0n) is 14.4. The lowest BCUT2D eigenvalue weighted by molar-refractivity contribution is -0.111. The van der Waals surface area contributed by atoms with Gasteiger partial charge in [0.05, 0.1) is 13.2 Å². The van der Waals surface area contributed by atoms with Crippen LogP contribution < -0.4 is 14.8 Å². The first-order chi connectivity index (χ1) is 12.1. The van der Waals surface area contributed by atoms with Gasteiger partial charge < -0.3 is 14.8 Å². The highest BCUT2D eigenvalue weighted by Crippen LogP contribution is 2.29. The van der Waals surface area contributed by atoms with E-state index in [0.29, 0.717) is 30.4 Å². The maximum atomic E-state index is 12.9. The fraction of sp³-hybridized carbons (Fsp3) is 0.250. The maximum absolute atomic E-state index is 12.9. The van der Waals surface area contributed by atoms with Crippen LogP contribution in [0.15, 0.2) is 48.5 Å². The maximum Gasteiger partial charge on any atom is 0.248 e. The third-order valence-electron chi connectivity index (χ3n) is 3.27. The number of hydrogen-bond acceptors (Lipinski definition) is 3. The van der Waals surface area contributed by atoms with E-state index in [1.54, 1.807) is 6.08 Å². The Hall–Kier alpha value is -2.82. The highest BCUT2D eigenvalue weighted by atomic mass is 19.1. The minimum Gasteiger partial charge on any atom is -0.490 e. The molecular formula is C20H22FNO3. The van der Waals surface area contributed by atoms with Gasteiger partial charge in [-0.25, -0.2) is 4.39 Å². The van der Waals surface area contributed by atoms with Crippen molar-refractivity contribution in [3.05, 3.63) is 59.9 Å². The van der Waals surface area contributed by atoms with Crippen molar-refractivity contribution in [1.29, 1.82) is 0 Å². The molecule has 2 aromatic carbocycles. The molecule has 0 bridgehead atoms. The molecule has 0 radical (unpaired) electrons. The number of amides is 1. The number of carbonyl (C=O) groups excluding carboxylic acids is 1. The van der Waals surface area contributed by atoms with Crippen LogP contribution in [-0.4, -0.2) is 19.1 Å². The smallest absolute Gasteiger partial charge is 0.248 e. The first kappa shape index (κ1) is 18.5. The Labute approximate surface area is 147 Å². The van der Waals surface area contributed by atoms with Gasteiger partial charge in [0.25, 0.3) is 0 Å². The predicted octanol–water partition coefficient (Wildman–Crippen LogP) is 4.67. The van der Waals surface area contributed by atoms with E-state index in [-0.39, 0.29) is 11.7 Å². The lowest BCUT2D eigenvalue weighted by atomic mass is 10.2. The molecule has 0 aromatic heterocycles. The highest BCUT2D eigenvalue weighted by molar-refractivity contribution is 6.01. The summed E-state index contributed by atoms with van der Waals surface area (Å²) in [5.74, 6) is 0.701. The van der Waals surface area contributed by atoms with Gasteiger partial charge in [-0.2, -0.15) is 0 Å². The van der Waals surface area contributed by atoms with Gasteiger partial charge in [-0.05, 0) is 61.4 Å². The molecule has 0 aliphatic rings. The van der Waals surface area contributed by atoms with Crippen molar-refractivity contribution in [2.24, 2.45) is 0 Å². The standard InChI is InChI=1S/C20H22FNO3/c1-3-13-25-18-11-5-15(14-19(18)24-4-2)6-12-20(23)22-17-9-7-16(21)8-10-17/h5-12,14H,3-4,13H2,1-2H3,(H,22,23)/b12-6+. The summed E-state index contributed by atoms with van der Waals surface area (Å²) in [6.07, 6.45) is 4.02. The summed E-state index contributed by atoms with van der Waals surface area (Å²) in [5, 5.41) is 2.67. The Morgan fingerprint density at radius 1 is 1.08 bits per heavy atom. The molecule has 1 N–H and O–H groups in total. The van der Waals surface area contributed by atoms with Crippen LogP contribution in [0.4, 0.5) is 10.1 Å². The number of nitrogens with one attached hydrogen (secondary N) is 1. The van der Waals surface area contributed by atoms with Crippen LogP contribution in [-0.2, 0) is 4.79 Å². The second-order valence-corrected chi connectivity index (χ2v) is 5.32. The van der Waals surface area contributed by atoms with Crippen molar-refractivity contribution in [3.63, 3.8) is 0 Å². The molecule has 0 saturated carbocycles. The van der Waals surface area contributed by atoms with Crippen molar-refractivity contribution in [3.8, 4) is 11.5 Å². The van der Waals surface area contributed by atoms with E-state index in [0.717, 1.165) is 12.0 Å². The van der Waals surface area contributed by atoms with E-state index < -0.39 is 0 Å². The number of rotatable bonds is 8. The first-order valence-corrected chi connectivity index (χ1v) is 8.26. The number of anilines is 1. The van der Waals surface area contributed by atoms with Crippen LogP contribution in [0.5, 0.6) is 11.5 Å². The molecule has 1 amide bonds. The summed E-state index contributed by atoms with van der Waals surface area (Å²) in [5.41, 5.74) is 1.36. The van der Waals surface area contributed by atoms with Crippen LogP contribution >= 0.6 is 0 Å². The molecular weight excluding hydrogens is 321 g/mol. The zero-order chi connectivity index (χ0) is 18.1. The van der Waals surface area contributed by atoms with Gasteiger partial charge in [-0.15, -0.1) is 0 Å². The number of ether oxygens (including phenoxy) is 2. The zero-order valence-corrected chi connectivity index (χ0v) is 14.4. The average molecular weight is 343 g/mol. The Morgan fingerprint density at radius 2 is 1.84 bits per heavy atom. The van der Waals surface area contributed by atoms with E-state index in [4.69, 9.17) is 9.47 Å². The predicted molar refractivity (Wildman–Crippen MR) is 97.5 cm³/mol. The number of halogens is 1. The molecule has 25 heavy (non-hydrogen) atoms. The van der Waals surface area contributed by atoms with E-state index in [1.807, 2.05) is 32.0 Å². The van der Waals surface area contributed by atoms with Crippen molar-refractivity contribution in [2.45, 2.75) is 20.3 Å². The third kappa shape index (κ3) is 5.95. The lowest BCUT2D eigenvalue weighted by Crippen LogP contribution is -2.07. The Balaban J connectivity index is 2.04. The molecule has 0 fully saturated rings. The normalized spacial score (nSPS) is 10.7. The van der Waals surface area contributed by atoms with Gasteiger partial charge in [0, 0.05) is 11.8 Å². The Bertz CT molecular complexity index is 726. The molecule has 0 atom stereocenters. The van der Waals surface area contributed by atoms with Crippen LogP contribution in [0.25, 0.3) is 6.08 Å². The molecule has 0 spiro atoms. The summed E-state index contributed by atoms with van der Waals surface area (Å²) in [6, 6.07) is 11.1. The van der Waals surface area contributed by atoms with Crippen LogP contribution in [0, 0.1) is 5.82 Å². The van der Waals surface area contributed by atoms with Crippen molar-refractivity contribution in [2.75, 3.05) is 18.5 Å². The second kappa shape index (κ2) is 9.47. The third-order valence-corrected chi connectivity index (χ3v) is 3.27. The summed E-state index contributed by atoms with van der Waals surface area (Å²) < 4.78 is 24.1.